The van der Waals surface area contributed by atoms with Gasteiger partial charge in [0.2, 0.25) is 0 Å². The maximum atomic E-state index is 13.3. The Hall–Kier alpha value is -3.59. The summed E-state index contributed by atoms with van der Waals surface area (Å²) in [6, 6.07) is 11.9. The molecule has 0 aliphatic rings. The average molecular weight is 470 g/mol. The Morgan fingerprint density at radius 3 is 2.52 bits per heavy atom. The Labute approximate surface area is 194 Å². The number of benzene rings is 2. The summed E-state index contributed by atoms with van der Waals surface area (Å²) in [6.07, 6.45) is 0. The predicted octanol–water partition coefficient (Wildman–Crippen LogP) is 5.32. The quantitative estimate of drug-likeness (QED) is 0.352. The summed E-state index contributed by atoms with van der Waals surface area (Å²) in [5.74, 6) is 1.25. The van der Waals surface area contributed by atoms with E-state index >= 15 is 0 Å². The second-order valence-corrected chi connectivity index (χ2v) is 8.19. The Morgan fingerprint density at radius 1 is 1.12 bits per heavy atom. The molecular weight excluding hydrogens is 445 g/mol. The Kier molecular flexibility index (Phi) is 6.50. The fourth-order valence-corrected chi connectivity index (χ4v) is 4.59. The molecule has 0 saturated heterocycles. The van der Waals surface area contributed by atoms with Crippen LogP contribution >= 0.6 is 11.3 Å². The van der Waals surface area contributed by atoms with Crippen LogP contribution in [0, 0.1) is 12.7 Å². The van der Waals surface area contributed by atoms with Crippen LogP contribution in [0.3, 0.4) is 0 Å². The first kappa shape index (κ1) is 22.6. The van der Waals surface area contributed by atoms with E-state index in [4.69, 9.17) is 19.2 Å². The number of aromatic nitrogens is 2. The molecule has 0 atom stereocenters. The zero-order valence-corrected chi connectivity index (χ0v) is 19.6. The molecule has 4 aromatic rings. The normalized spacial score (nSPS) is 10.9. The number of fused-ring (bicyclic) bond motifs is 1. The molecule has 1 N–H and O–H groups in total. The largest absolute Gasteiger partial charge is 0.493 e. The van der Waals surface area contributed by atoms with Crippen molar-refractivity contribution in [3.63, 3.8) is 0 Å². The number of hydrogen-bond donors (Lipinski definition) is 1. The molecule has 33 heavy (non-hydrogen) atoms. The van der Waals surface area contributed by atoms with Crippen LogP contribution in [0.15, 0.2) is 42.5 Å². The van der Waals surface area contributed by atoms with Crippen molar-refractivity contribution in [2.24, 2.45) is 0 Å². The molecule has 0 spiro atoms. The minimum atomic E-state index is -0.373. The number of halogens is 1. The van der Waals surface area contributed by atoms with Crippen molar-refractivity contribution in [2.75, 3.05) is 26.1 Å². The summed E-state index contributed by atoms with van der Waals surface area (Å²) in [6.45, 7) is 4.37. The molecule has 0 unspecified atom stereocenters. The van der Waals surface area contributed by atoms with Crippen LogP contribution in [0.25, 0.3) is 16.2 Å². The van der Waals surface area contributed by atoms with Gasteiger partial charge in [-0.05, 0) is 49.7 Å². The van der Waals surface area contributed by atoms with Crippen LogP contribution in [0.4, 0.5) is 10.2 Å². The minimum Gasteiger partial charge on any atom is -0.493 e. The molecule has 0 fully saturated rings. The third-order valence-corrected chi connectivity index (χ3v) is 6.32. The number of esters is 1. The Balaban J connectivity index is 1.82. The van der Waals surface area contributed by atoms with Crippen LogP contribution in [0.5, 0.6) is 11.5 Å². The van der Waals surface area contributed by atoms with E-state index in [1.807, 2.05) is 29.5 Å². The van der Waals surface area contributed by atoms with Gasteiger partial charge in [0, 0.05) is 17.8 Å². The monoisotopic (exact) mass is 469 g/mol. The third kappa shape index (κ3) is 4.36. The van der Waals surface area contributed by atoms with Crippen LogP contribution in [0.2, 0.25) is 0 Å². The van der Waals surface area contributed by atoms with Crippen LogP contribution in [-0.2, 0) is 11.3 Å². The van der Waals surface area contributed by atoms with Gasteiger partial charge in [-0.3, -0.25) is 4.40 Å². The molecule has 2 heterocycles. The number of nitrogens with one attached hydrogen (secondary N) is 1. The van der Waals surface area contributed by atoms with E-state index in [9.17, 15) is 9.18 Å². The topological polar surface area (TPSA) is 74.1 Å². The molecule has 0 radical (unpaired) electrons. The van der Waals surface area contributed by atoms with Gasteiger partial charge in [0.1, 0.15) is 22.2 Å². The molecule has 4 rings (SSSR count). The molecule has 2 aromatic heterocycles. The molecule has 0 aliphatic heterocycles. The number of carbonyl (C=O) groups is 1. The van der Waals surface area contributed by atoms with E-state index < -0.39 is 0 Å². The van der Waals surface area contributed by atoms with E-state index in [1.54, 1.807) is 33.3 Å². The van der Waals surface area contributed by atoms with Crippen LogP contribution < -0.4 is 14.8 Å². The lowest BCUT2D eigenvalue weighted by atomic mass is 10.1. The number of nitrogens with zero attached hydrogens (tertiary/aromatic N) is 2. The van der Waals surface area contributed by atoms with Crippen molar-refractivity contribution in [1.29, 1.82) is 0 Å². The fourth-order valence-electron chi connectivity index (χ4n) is 3.57. The van der Waals surface area contributed by atoms with Gasteiger partial charge in [-0.25, -0.2) is 14.2 Å². The van der Waals surface area contributed by atoms with Crippen molar-refractivity contribution in [1.82, 2.24) is 9.38 Å². The molecular formula is C24H24FN3O4S. The SMILES string of the molecule is CCOC(=O)c1sc2nc(-c3ccc(OC)c(OC)c3)c(NCc3ccc(F)cc3)n2c1C. The number of imidazole rings is 1. The van der Waals surface area contributed by atoms with E-state index in [1.165, 1.54) is 23.5 Å². The fraction of sp³-hybridized carbons (Fsp3) is 0.250. The number of thiazole rings is 1. The van der Waals surface area contributed by atoms with Crippen LogP contribution in [-0.4, -0.2) is 36.2 Å². The average Bonchev–Trinajstić information content (AvgIpc) is 3.35. The zero-order valence-electron chi connectivity index (χ0n) is 18.8. The standard InChI is InChI=1S/C24H24FN3O4S/c1-5-32-23(29)21-14(2)28-22(26-13-15-6-9-17(25)10-7-15)20(27-24(28)33-21)16-8-11-18(30-3)19(12-16)31-4/h6-12,26H,5,13H2,1-4H3. The first-order valence-corrected chi connectivity index (χ1v) is 11.2. The predicted molar refractivity (Wildman–Crippen MR) is 126 cm³/mol. The number of anilines is 1. The molecule has 9 heteroatoms. The van der Waals surface area contributed by atoms with Gasteiger partial charge in [0.05, 0.1) is 20.8 Å². The molecule has 0 aliphatic carbocycles. The number of rotatable bonds is 8. The third-order valence-electron chi connectivity index (χ3n) is 5.20. The van der Waals surface area contributed by atoms with Gasteiger partial charge in [-0.2, -0.15) is 0 Å². The van der Waals surface area contributed by atoms with E-state index in [0.717, 1.165) is 16.8 Å². The summed E-state index contributed by atoms with van der Waals surface area (Å²) in [7, 11) is 3.16. The highest BCUT2D eigenvalue weighted by atomic mass is 32.1. The number of hydrogen-bond acceptors (Lipinski definition) is 7. The van der Waals surface area contributed by atoms with Crippen molar-refractivity contribution >= 4 is 28.1 Å². The Bertz CT molecular complexity index is 1300. The highest BCUT2D eigenvalue weighted by Crippen LogP contribution is 2.38. The zero-order chi connectivity index (χ0) is 23.5. The molecule has 0 saturated carbocycles. The summed E-state index contributed by atoms with van der Waals surface area (Å²) in [4.78, 5) is 18.4. The smallest absolute Gasteiger partial charge is 0.350 e. The lowest BCUT2D eigenvalue weighted by Crippen LogP contribution is -2.07. The first-order valence-electron chi connectivity index (χ1n) is 10.4. The first-order chi connectivity index (χ1) is 16.0. The van der Waals surface area contributed by atoms with Crippen molar-refractivity contribution in [3.05, 3.63) is 64.4 Å². The van der Waals surface area contributed by atoms with Crippen LogP contribution in [0.1, 0.15) is 27.9 Å². The molecule has 2 aromatic carbocycles. The second-order valence-electron chi connectivity index (χ2n) is 7.21. The van der Waals surface area contributed by atoms with Gasteiger partial charge < -0.3 is 19.5 Å². The summed E-state index contributed by atoms with van der Waals surface area (Å²) in [5.41, 5.74) is 3.16. The number of ether oxygens (including phenoxy) is 3. The number of aryl methyl sites for hydroxylation is 1. The van der Waals surface area contributed by atoms with Crippen molar-refractivity contribution in [3.8, 4) is 22.8 Å². The van der Waals surface area contributed by atoms with E-state index in [2.05, 4.69) is 5.32 Å². The highest BCUT2D eigenvalue weighted by Gasteiger charge is 2.24. The summed E-state index contributed by atoms with van der Waals surface area (Å²) < 4.78 is 31.3. The summed E-state index contributed by atoms with van der Waals surface area (Å²) in [5, 5.41) is 3.42. The summed E-state index contributed by atoms with van der Waals surface area (Å²) >= 11 is 1.27. The number of carbonyl (C=O) groups excluding carboxylic acids is 1. The lowest BCUT2D eigenvalue weighted by Gasteiger charge is -2.12. The van der Waals surface area contributed by atoms with Gasteiger partial charge in [0.15, 0.2) is 16.5 Å². The molecule has 0 bridgehead atoms. The second kappa shape index (κ2) is 9.50. The Morgan fingerprint density at radius 2 is 1.85 bits per heavy atom. The maximum Gasteiger partial charge on any atom is 0.350 e. The maximum absolute atomic E-state index is 13.3. The number of methoxy groups -OCH3 is 2. The van der Waals surface area contributed by atoms with Crippen molar-refractivity contribution in [2.45, 2.75) is 20.4 Å². The van der Waals surface area contributed by atoms with Crippen molar-refractivity contribution < 1.29 is 23.4 Å². The molecule has 0 amide bonds. The lowest BCUT2D eigenvalue weighted by molar-refractivity contribution is 0.0531. The van der Waals surface area contributed by atoms with Gasteiger partial charge in [-0.15, -0.1) is 0 Å². The molecule has 7 nitrogen and oxygen atoms in total. The van der Waals surface area contributed by atoms with E-state index in [0.29, 0.717) is 46.0 Å². The molecule has 172 valence electrons. The van der Waals surface area contributed by atoms with Gasteiger partial charge in [-0.1, -0.05) is 23.5 Å². The highest BCUT2D eigenvalue weighted by molar-refractivity contribution is 7.19. The van der Waals surface area contributed by atoms with Gasteiger partial charge >= 0.3 is 5.97 Å². The minimum absolute atomic E-state index is 0.288. The van der Waals surface area contributed by atoms with E-state index in [-0.39, 0.29) is 11.8 Å². The van der Waals surface area contributed by atoms with Gasteiger partial charge in [0.25, 0.3) is 0 Å².